The van der Waals surface area contributed by atoms with Gasteiger partial charge in [0.15, 0.2) is 0 Å². The predicted molar refractivity (Wildman–Crippen MR) is 80.0 cm³/mol. The van der Waals surface area contributed by atoms with Gasteiger partial charge in [0.25, 0.3) is 0 Å². The summed E-state index contributed by atoms with van der Waals surface area (Å²) in [7, 11) is -0.190. The van der Waals surface area contributed by atoms with E-state index in [1.807, 2.05) is 0 Å². The number of hydrogen-bond donors (Lipinski definition) is 0. The van der Waals surface area contributed by atoms with Crippen LogP contribution in [0, 0.1) is 13.8 Å². The van der Waals surface area contributed by atoms with Crippen LogP contribution in [-0.4, -0.2) is 9.52 Å². The minimum absolute atomic E-state index is 0.190. The summed E-state index contributed by atoms with van der Waals surface area (Å²) in [5.41, 5.74) is 5.12. The average molecular weight is 242 g/mol. The molecule has 0 radical (unpaired) electrons. The SMILES string of the molecule is CCCC1=CC([SiH2]c2cc(C)cc(C)c2)C=C1. The summed E-state index contributed by atoms with van der Waals surface area (Å²) in [5, 5.41) is 1.60. The van der Waals surface area contributed by atoms with Crippen LogP contribution >= 0.6 is 0 Å². The van der Waals surface area contributed by atoms with Gasteiger partial charge in [-0.3, -0.25) is 0 Å². The van der Waals surface area contributed by atoms with E-state index in [4.69, 9.17) is 0 Å². The van der Waals surface area contributed by atoms with E-state index in [1.54, 1.807) is 10.8 Å². The number of allylic oxidation sites excluding steroid dienone is 4. The van der Waals surface area contributed by atoms with Gasteiger partial charge in [-0.15, -0.1) is 0 Å². The van der Waals surface area contributed by atoms with Crippen molar-refractivity contribution < 1.29 is 0 Å². The normalized spacial score (nSPS) is 19.2. The van der Waals surface area contributed by atoms with E-state index in [-0.39, 0.29) is 9.52 Å². The smallest absolute Gasteiger partial charge is 0.0664 e. The molecular formula is C16H22Si. The second-order valence-corrected chi connectivity index (χ2v) is 7.38. The summed E-state index contributed by atoms with van der Waals surface area (Å²) >= 11 is 0. The van der Waals surface area contributed by atoms with Crippen LogP contribution in [0.1, 0.15) is 30.9 Å². The van der Waals surface area contributed by atoms with Crippen molar-refractivity contribution in [2.75, 3.05) is 0 Å². The zero-order valence-corrected chi connectivity index (χ0v) is 12.6. The summed E-state index contributed by atoms with van der Waals surface area (Å²) in [6, 6.07) is 7.01. The molecule has 1 aliphatic rings. The number of aryl methyl sites for hydroxylation is 2. The largest absolute Gasteiger partial charge is 0.0803 e. The molecule has 90 valence electrons. The van der Waals surface area contributed by atoms with E-state index in [0.29, 0.717) is 0 Å². The minimum atomic E-state index is -0.190. The Bertz CT molecular complexity index is 434. The Balaban J connectivity index is 2.05. The first-order valence-corrected chi connectivity index (χ1v) is 8.16. The molecule has 0 aliphatic heterocycles. The van der Waals surface area contributed by atoms with E-state index in [2.05, 4.69) is 57.2 Å². The van der Waals surface area contributed by atoms with Gasteiger partial charge in [0, 0.05) is 0 Å². The third kappa shape index (κ3) is 3.44. The van der Waals surface area contributed by atoms with Crippen molar-refractivity contribution in [3.63, 3.8) is 0 Å². The Morgan fingerprint density at radius 1 is 1.12 bits per heavy atom. The van der Waals surface area contributed by atoms with Crippen molar-refractivity contribution in [1.29, 1.82) is 0 Å². The third-order valence-corrected chi connectivity index (χ3v) is 5.14. The molecule has 0 saturated heterocycles. The van der Waals surface area contributed by atoms with E-state index in [1.165, 1.54) is 24.0 Å². The second-order valence-electron chi connectivity index (χ2n) is 5.21. The monoisotopic (exact) mass is 242 g/mol. The molecule has 0 heterocycles. The first kappa shape index (κ1) is 12.4. The highest BCUT2D eigenvalue weighted by atomic mass is 28.2. The fourth-order valence-electron chi connectivity index (χ4n) is 2.67. The van der Waals surface area contributed by atoms with Crippen LogP contribution in [0.25, 0.3) is 0 Å². The lowest BCUT2D eigenvalue weighted by molar-refractivity contribution is 0.927. The molecule has 1 unspecified atom stereocenters. The van der Waals surface area contributed by atoms with Crippen LogP contribution in [-0.2, 0) is 0 Å². The van der Waals surface area contributed by atoms with Gasteiger partial charge in [0.1, 0.15) is 0 Å². The summed E-state index contributed by atoms with van der Waals surface area (Å²) in [6.45, 7) is 6.66. The van der Waals surface area contributed by atoms with E-state index in [0.717, 1.165) is 5.54 Å². The summed E-state index contributed by atoms with van der Waals surface area (Å²) < 4.78 is 0. The van der Waals surface area contributed by atoms with Crippen LogP contribution in [0.15, 0.2) is 42.0 Å². The Morgan fingerprint density at radius 2 is 1.82 bits per heavy atom. The maximum absolute atomic E-state index is 2.49. The molecule has 0 nitrogen and oxygen atoms in total. The van der Waals surface area contributed by atoms with Crippen LogP contribution in [0.3, 0.4) is 0 Å². The van der Waals surface area contributed by atoms with Gasteiger partial charge in [0.2, 0.25) is 0 Å². The van der Waals surface area contributed by atoms with Crippen molar-refractivity contribution >= 4 is 14.7 Å². The van der Waals surface area contributed by atoms with Gasteiger partial charge >= 0.3 is 0 Å². The Labute approximate surface area is 107 Å². The van der Waals surface area contributed by atoms with Gasteiger partial charge in [-0.25, -0.2) is 0 Å². The van der Waals surface area contributed by atoms with Crippen molar-refractivity contribution in [3.8, 4) is 0 Å². The first-order chi connectivity index (χ1) is 8.17. The average Bonchev–Trinajstić information content (AvgIpc) is 2.64. The van der Waals surface area contributed by atoms with E-state index in [9.17, 15) is 0 Å². The molecular weight excluding hydrogens is 220 g/mol. The molecule has 1 aliphatic carbocycles. The highest BCUT2D eigenvalue weighted by Gasteiger charge is 2.10. The predicted octanol–water partition coefficient (Wildman–Crippen LogP) is 3.18. The van der Waals surface area contributed by atoms with E-state index >= 15 is 0 Å². The highest BCUT2D eigenvalue weighted by molar-refractivity contribution is 6.56. The Kier molecular flexibility index (Phi) is 4.00. The zero-order valence-electron chi connectivity index (χ0n) is 11.2. The zero-order chi connectivity index (χ0) is 12.3. The molecule has 0 spiro atoms. The molecule has 0 N–H and O–H groups in total. The molecule has 0 aromatic heterocycles. The molecule has 17 heavy (non-hydrogen) atoms. The van der Waals surface area contributed by atoms with Gasteiger partial charge in [0.05, 0.1) is 9.52 Å². The summed E-state index contributed by atoms with van der Waals surface area (Å²) in [4.78, 5) is 0. The molecule has 0 bridgehead atoms. The Hall–Kier alpha value is -1.08. The quantitative estimate of drug-likeness (QED) is 0.711. The van der Waals surface area contributed by atoms with Crippen LogP contribution in [0.4, 0.5) is 0 Å². The molecule has 1 aromatic carbocycles. The number of rotatable bonds is 4. The molecule has 2 rings (SSSR count). The van der Waals surface area contributed by atoms with Crippen LogP contribution in [0.2, 0.25) is 5.54 Å². The molecule has 1 aromatic rings. The second kappa shape index (κ2) is 5.50. The third-order valence-electron chi connectivity index (χ3n) is 3.28. The van der Waals surface area contributed by atoms with Crippen LogP contribution in [0.5, 0.6) is 0 Å². The summed E-state index contributed by atoms with van der Waals surface area (Å²) in [5.74, 6) is 0. The van der Waals surface area contributed by atoms with Crippen molar-refractivity contribution in [3.05, 3.63) is 53.1 Å². The lowest BCUT2D eigenvalue weighted by atomic mass is 10.2. The number of benzene rings is 1. The lowest BCUT2D eigenvalue weighted by Crippen LogP contribution is -2.17. The standard InChI is InChI=1S/C16H22Si/c1-4-5-14-6-7-15(11-14)17-16-9-12(2)8-13(3)10-16/h6-11,15H,4-5,17H2,1-3H3. The van der Waals surface area contributed by atoms with Gasteiger partial charge in [-0.2, -0.15) is 0 Å². The van der Waals surface area contributed by atoms with Crippen LogP contribution < -0.4 is 5.19 Å². The Morgan fingerprint density at radius 3 is 2.47 bits per heavy atom. The fourth-order valence-corrected chi connectivity index (χ4v) is 4.79. The van der Waals surface area contributed by atoms with Crippen molar-refractivity contribution in [2.24, 2.45) is 0 Å². The fraction of sp³-hybridized carbons (Fsp3) is 0.375. The van der Waals surface area contributed by atoms with Crippen molar-refractivity contribution in [2.45, 2.75) is 39.2 Å². The maximum atomic E-state index is 2.49. The molecule has 0 fully saturated rings. The first-order valence-electron chi connectivity index (χ1n) is 6.63. The number of hydrogen-bond acceptors (Lipinski definition) is 0. The minimum Gasteiger partial charge on any atom is -0.0803 e. The lowest BCUT2D eigenvalue weighted by Gasteiger charge is -2.07. The summed E-state index contributed by atoms with van der Waals surface area (Å²) in [6.07, 6.45) is 9.74. The molecule has 1 atom stereocenters. The topological polar surface area (TPSA) is 0 Å². The van der Waals surface area contributed by atoms with Gasteiger partial charge < -0.3 is 0 Å². The molecule has 0 amide bonds. The highest BCUT2D eigenvalue weighted by Crippen LogP contribution is 2.23. The van der Waals surface area contributed by atoms with Gasteiger partial charge in [-0.1, -0.05) is 71.7 Å². The van der Waals surface area contributed by atoms with Crippen molar-refractivity contribution in [1.82, 2.24) is 0 Å². The van der Waals surface area contributed by atoms with Gasteiger partial charge in [-0.05, 0) is 25.8 Å². The maximum Gasteiger partial charge on any atom is 0.0664 e. The molecule has 0 saturated carbocycles. The van der Waals surface area contributed by atoms with E-state index < -0.39 is 0 Å². The molecule has 1 heteroatoms.